The monoisotopic (exact) mass is 438 g/mol. The lowest BCUT2D eigenvalue weighted by atomic mass is 9.98. The molecule has 0 heterocycles. The van der Waals surface area contributed by atoms with Crippen molar-refractivity contribution in [3.8, 4) is 5.75 Å². The number of aryl methyl sites for hydroxylation is 1. The first-order valence-electron chi connectivity index (χ1n) is 9.20. The molecule has 8 heteroatoms. The third kappa shape index (κ3) is 5.22. The molecule has 6 nitrogen and oxygen atoms in total. The van der Waals surface area contributed by atoms with E-state index in [-0.39, 0.29) is 11.6 Å². The predicted octanol–water partition coefficient (Wildman–Crippen LogP) is 4.57. The number of carbonyl (C=O) groups excluding carboxylic acids is 1. The lowest BCUT2D eigenvalue weighted by molar-refractivity contribution is -0.116. The Balaban J connectivity index is 2.49. The summed E-state index contributed by atoms with van der Waals surface area (Å²) >= 11 is 6.08. The maximum Gasteiger partial charge on any atom is 0.248 e. The van der Waals surface area contributed by atoms with Gasteiger partial charge in [-0.1, -0.05) is 43.6 Å². The lowest BCUT2D eigenvalue weighted by Gasteiger charge is -2.30. The van der Waals surface area contributed by atoms with Crippen molar-refractivity contribution >= 4 is 38.9 Å². The van der Waals surface area contributed by atoms with E-state index < -0.39 is 22.0 Å². The van der Waals surface area contributed by atoms with Crippen LogP contribution in [0.15, 0.2) is 36.4 Å². The van der Waals surface area contributed by atoms with Gasteiger partial charge in [0.1, 0.15) is 11.8 Å². The van der Waals surface area contributed by atoms with Gasteiger partial charge < -0.3 is 10.1 Å². The molecule has 0 aromatic heterocycles. The van der Waals surface area contributed by atoms with Gasteiger partial charge in [0, 0.05) is 10.7 Å². The first-order valence-corrected chi connectivity index (χ1v) is 11.4. The van der Waals surface area contributed by atoms with Gasteiger partial charge >= 0.3 is 0 Å². The Labute approximate surface area is 177 Å². The van der Waals surface area contributed by atoms with Crippen molar-refractivity contribution in [3.05, 3.63) is 52.5 Å². The minimum Gasteiger partial charge on any atom is -0.495 e. The summed E-state index contributed by atoms with van der Waals surface area (Å²) in [7, 11) is -2.38. The number of hydrogen-bond donors (Lipinski definition) is 1. The first-order chi connectivity index (χ1) is 13.5. The minimum absolute atomic E-state index is 0.194. The molecular formula is C21H27ClN2O4S. The average molecular weight is 439 g/mol. The molecule has 0 saturated heterocycles. The zero-order chi connectivity index (χ0) is 21.9. The number of carbonyl (C=O) groups is 1. The standard InChI is InChI=1S/C21H27ClN2O4S/c1-13(2)17-9-7-8-14(3)20(17)23-21(25)15(4)24(29(6,26)27)18-12-16(22)10-11-19(18)28-5/h7-13,15H,1-6H3,(H,23,25)/t15-/m1/s1. The van der Waals surface area contributed by atoms with E-state index in [1.165, 1.54) is 20.1 Å². The smallest absolute Gasteiger partial charge is 0.248 e. The van der Waals surface area contributed by atoms with E-state index in [9.17, 15) is 13.2 Å². The highest BCUT2D eigenvalue weighted by atomic mass is 35.5. The van der Waals surface area contributed by atoms with E-state index in [1.54, 1.807) is 12.1 Å². The summed E-state index contributed by atoms with van der Waals surface area (Å²) in [6.07, 6.45) is 1.05. The van der Waals surface area contributed by atoms with Crippen molar-refractivity contribution in [2.75, 3.05) is 23.0 Å². The van der Waals surface area contributed by atoms with E-state index in [0.29, 0.717) is 16.5 Å². The van der Waals surface area contributed by atoms with Crippen molar-refractivity contribution in [1.82, 2.24) is 0 Å². The number of nitrogens with zero attached hydrogens (tertiary/aromatic N) is 1. The van der Waals surface area contributed by atoms with Gasteiger partial charge in [-0.15, -0.1) is 0 Å². The largest absolute Gasteiger partial charge is 0.495 e. The van der Waals surface area contributed by atoms with Crippen LogP contribution in [0.5, 0.6) is 5.75 Å². The zero-order valence-corrected chi connectivity index (χ0v) is 19.1. The summed E-state index contributed by atoms with van der Waals surface area (Å²) in [4.78, 5) is 13.1. The number of anilines is 2. The molecule has 158 valence electrons. The Morgan fingerprint density at radius 3 is 2.38 bits per heavy atom. The van der Waals surface area contributed by atoms with Crippen molar-refractivity contribution in [3.63, 3.8) is 0 Å². The van der Waals surface area contributed by atoms with Crippen LogP contribution < -0.4 is 14.4 Å². The molecule has 2 rings (SSSR count). The number of halogens is 1. The Morgan fingerprint density at radius 1 is 1.17 bits per heavy atom. The Kier molecular flexibility index (Phi) is 7.19. The fraction of sp³-hybridized carbons (Fsp3) is 0.381. The van der Waals surface area contributed by atoms with Gasteiger partial charge in [-0.2, -0.15) is 0 Å². The van der Waals surface area contributed by atoms with Crippen molar-refractivity contribution in [1.29, 1.82) is 0 Å². The quantitative estimate of drug-likeness (QED) is 0.686. The van der Waals surface area contributed by atoms with Crippen LogP contribution >= 0.6 is 11.6 Å². The second-order valence-electron chi connectivity index (χ2n) is 7.23. The van der Waals surface area contributed by atoms with Crippen LogP contribution in [-0.2, 0) is 14.8 Å². The van der Waals surface area contributed by atoms with Crippen molar-refractivity contribution < 1.29 is 17.9 Å². The van der Waals surface area contributed by atoms with Gasteiger partial charge in [-0.25, -0.2) is 8.42 Å². The number of para-hydroxylation sites is 1. The van der Waals surface area contributed by atoms with Crippen LogP contribution in [0.2, 0.25) is 5.02 Å². The maximum absolute atomic E-state index is 13.1. The van der Waals surface area contributed by atoms with E-state index >= 15 is 0 Å². The van der Waals surface area contributed by atoms with Gasteiger partial charge in [-0.3, -0.25) is 9.10 Å². The summed E-state index contributed by atoms with van der Waals surface area (Å²) in [5.74, 6) is 0.0476. The molecule has 1 atom stereocenters. The highest BCUT2D eigenvalue weighted by molar-refractivity contribution is 7.92. The fourth-order valence-electron chi connectivity index (χ4n) is 3.19. The normalized spacial score (nSPS) is 12.6. The third-order valence-corrected chi connectivity index (χ3v) is 6.10. The molecule has 0 aliphatic heterocycles. The number of nitrogens with one attached hydrogen (secondary N) is 1. The molecule has 0 aliphatic rings. The summed E-state index contributed by atoms with van der Waals surface area (Å²) in [5.41, 5.74) is 2.80. The zero-order valence-electron chi connectivity index (χ0n) is 17.5. The molecule has 0 radical (unpaired) electrons. The topological polar surface area (TPSA) is 75.7 Å². The maximum atomic E-state index is 13.1. The van der Waals surface area contributed by atoms with Crippen LogP contribution in [0.3, 0.4) is 0 Å². The molecule has 0 saturated carbocycles. The molecule has 0 aliphatic carbocycles. The van der Waals surface area contributed by atoms with Crippen LogP contribution in [0.1, 0.15) is 37.8 Å². The van der Waals surface area contributed by atoms with Crippen LogP contribution in [-0.4, -0.2) is 33.7 Å². The lowest BCUT2D eigenvalue weighted by Crippen LogP contribution is -2.45. The van der Waals surface area contributed by atoms with Gasteiger partial charge in [-0.05, 0) is 49.1 Å². The summed E-state index contributed by atoms with van der Waals surface area (Å²) in [6, 6.07) is 9.39. The molecular weight excluding hydrogens is 412 g/mol. The highest BCUT2D eigenvalue weighted by Crippen LogP contribution is 2.35. The minimum atomic E-state index is -3.81. The fourth-order valence-corrected chi connectivity index (χ4v) is 4.52. The predicted molar refractivity (Wildman–Crippen MR) is 119 cm³/mol. The number of benzene rings is 2. The molecule has 1 N–H and O–H groups in total. The number of sulfonamides is 1. The van der Waals surface area contributed by atoms with Crippen molar-refractivity contribution in [2.45, 2.75) is 39.7 Å². The molecule has 29 heavy (non-hydrogen) atoms. The SMILES string of the molecule is COc1ccc(Cl)cc1N([C@H](C)C(=O)Nc1c(C)cccc1C(C)C)S(C)(=O)=O. The number of hydrogen-bond acceptors (Lipinski definition) is 4. The summed E-state index contributed by atoms with van der Waals surface area (Å²) in [5, 5.41) is 3.25. The third-order valence-electron chi connectivity index (χ3n) is 4.64. The van der Waals surface area contributed by atoms with E-state index in [0.717, 1.165) is 21.7 Å². The van der Waals surface area contributed by atoms with Gasteiger partial charge in [0.2, 0.25) is 15.9 Å². The number of rotatable bonds is 7. The molecule has 2 aromatic rings. The Hall–Kier alpha value is -2.25. The number of amides is 1. The van der Waals surface area contributed by atoms with Gasteiger partial charge in [0.25, 0.3) is 0 Å². The molecule has 0 unspecified atom stereocenters. The van der Waals surface area contributed by atoms with Crippen LogP contribution in [0, 0.1) is 6.92 Å². The number of methoxy groups -OCH3 is 1. The van der Waals surface area contributed by atoms with E-state index in [4.69, 9.17) is 16.3 Å². The van der Waals surface area contributed by atoms with Gasteiger partial charge in [0.05, 0.1) is 19.1 Å². The van der Waals surface area contributed by atoms with Crippen LogP contribution in [0.4, 0.5) is 11.4 Å². The Morgan fingerprint density at radius 2 is 1.83 bits per heavy atom. The Bertz CT molecular complexity index is 1010. The van der Waals surface area contributed by atoms with Crippen molar-refractivity contribution in [2.24, 2.45) is 0 Å². The summed E-state index contributed by atoms with van der Waals surface area (Å²) < 4.78 is 31.5. The molecule has 0 bridgehead atoms. The molecule has 1 amide bonds. The van der Waals surface area contributed by atoms with E-state index in [2.05, 4.69) is 5.32 Å². The summed E-state index contributed by atoms with van der Waals surface area (Å²) in [6.45, 7) is 7.51. The second kappa shape index (κ2) is 9.05. The average Bonchev–Trinajstić information content (AvgIpc) is 2.62. The molecule has 0 fully saturated rings. The first kappa shape index (κ1) is 23.0. The highest BCUT2D eigenvalue weighted by Gasteiger charge is 2.32. The molecule has 0 spiro atoms. The van der Waals surface area contributed by atoms with Gasteiger partial charge in [0.15, 0.2) is 0 Å². The number of ether oxygens (including phenoxy) is 1. The van der Waals surface area contributed by atoms with Crippen LogP contribution in [0.25, 0.3) is 0 Å². The molecule has 2 aromatic carbocycles. The second-order valence-corrected chi connectivity index (χ2v) is 9.53. The van der Waals surface area contributed by atoms with E-state index in [1.807, 2.05) is 39.0 Å².